The number of phosphoric ester groups is 2. The molecule has 19 heteroatoms. The summed E-state index contributed by atoms with van der Waals surface area (Å²) in [6.45, 7) is 12.0. The van der Waals surface area contributed by atoms with Crippen LogP contribution in [-0.4, -0.2) is 96.7 Å². The first-order valence-electron chi connectivity index (χ1n) is 45.9. The fraction of sp³-hybridized carbons (Fsp3) is 0.955. The highest BCUT2D eigenvalue weighted by molar-refractivity contribution is 7.47. The van der Waals surface area contributed by atoms with Crippen molar-refractivity contribution in [1.29, 1.82) is 0 Å². The molecule has 0 aliphatic heterocycles. The van der Waals surface area contributed by atoms with E-state index in [1.165, 1.54) is 276 Å². The maximum absolute atomic E-state index is 13.2. The van der Waals surface area contributed by atoms with Gasteiger partial charge in [0.25, 0.3) is 0 Å². The van der Waals surface area contributed by atoms with Gasteiger partial charge in [0.1, 0.15) is 19.3 Å². The third kappa shape index (κ3) is 79.3. The number of carbonyl (C=O) groups excluding carboxylic acids is 4. The van der Waals surface area contributed by atoms with Crippen LogP contribution in [0.2, 0.25) is 0 Å². The van der Waals surface area contributed by atoms with E-state index in [1.54, 1.807) is 0 Å². The first-order chi connectivity index (χ1) is 52.3. The first kappa shape index (κ1) is 106. The summed E-state index contributed by atoms with van der Waals surface area (Å²) in [6, 6.07) is 0. The molecule has 7 atom stereocenters. The maximum atomic E-state index is 13.2. The van der Waals surface area contributed by atoms with Gasteiger partial charge in [0.05, 0.1) is 26.4 Å². The van der Waals surface area contributed by atoms with Crippen molar-refractivity contribution in [2.45, 2.75) is 491 Å². The molecule has 0 amide bonds. The zero-order chi connectivity index (χ0) is 79.3. The van der Waals surface area contributed by atoms with Crippen LogP contribution < -0.4 is 0 Å². The van der Waals surface area contributed by atoms with E-state index >= 15 is 0 Å². The molecular weight excluding hydrogens is 1400 g/mol. The van der Waals surface area contributed by atoms with Gasteiger partial charge >= 0.3 is 39.5 Å². The molecule has 642 valence electrons. The fourth-order valence-electron chi connectivity index (χ4n) is 13.8. The standard InChI is InChI=1S/C89H174O17P2/c1-8-11-12-13-14-15-16-17-18-19-20-24-27-33-38-43-48-56-63-70-86(91)99-76-84(105-88(93)72-65-58-49-44-39-34-28-25-22-21-23-26-32-37-42-47-54-61-68-81(6)9-2)78-103-107(95,96)101-74-83(90)75-102-108(97,98)104-79-85(77-100-87(92)71-64-57-52-51-55-62-69-82(7)10-3)106-89(94)73-66-59-50-45-40-35-30-29-31-36-41-46-53-60-67-80(4)5/h80-85,90H,8-79H2,1-7H3,(H,95,96)(H,97,98)/t81?,82?,83-,84-,85-/m1/s1. The number of unbranched alkanes of at least 4 members (excludes halogenated alkanes) is 53. The number of rotatable bonds is 87. The summed E-state index contributed by atoms with van der Waals surface area (Å²) in [5.41, 5.74) is 0. The van der Waals surface area contributed by atoms with E-state index in [4.69, 9.17) is 37.0 Å². The molecule has 0 aromatic carbocycles. The highest BCUT2D eigenvalue weighted by Crippen LogP contribution is 2.45. The van der Waals surface area contributed by atoms with Gasteiger partial charge in [0, 0.05) is 25.7 Å². The lowest BCUT2D eigenvalue weighted by Crippen LogP contribution is -2.30. The van der Waals surface area contributed by atoms with Gasteiger partial charge < -0.3 is 33.8 Å². The summed E-state index contributed by atoms with van der Waals surface area (Å²) >= 11 is 0. The molecule has 0 fully saturated rings. The van der Waals surface area contributed by atoms with Gasteiger partial charge in [-0.15, -0.1) is 0 Å². The highest BCUT2D eigenvalue weighted by Gasteiger charge is 2.31. The Morgan fingerprint density at radius 2 is 0.472 bits per heavy atom. The Balaban J connectivity index is 5.23. The minimum absolute atomic E-state index is 0.107. The molecule has 3 N–H and O–H groups in total. The van der Waals surface area contributed by atoms with Crippen molar-refractivity contribution in [2.24, 2.45) is 17.8 Å². The molecule has 108 heavy (non-hydrogen) atoms. The monoisotopic (exact) mass is 1580 g/mol. The van der Waals surface area contributed by atoms with E-state index in [0.717, 1.165) is 114 Å². The smallest absolute Gasteiger partial charge is 0.462 e. The van der Waals surface area contributed by atoms with Crippen molar-refractivity contribution in [3.63, 3.8) is 0 Å². The number of hydrogen-bond donors (Lipinski definition) is 3. The normalized spacial score (nSPS) is 14.3. The summed E-state index contributed by atoms with van der Waals surface area (Å²) in [5, 5.41) is 10.7. The molecule has 17 nitrogen and oxygen atoms in total. The zero-order valence-corrected chi connectivity index (χ0v) is 73.1. The predicted molar refractivity (Wildman–Crippen MR) is 446 cm³/mol. The predicted octanol–water partition coefficient (Wildman–Crippen LogP) is 27.3. The third-order valence-corrected chi connectivity index (χ3v) is 23.5. The number of carbonyl (C=O) groups is 4. The molecule has 0 bridgehead atoms. The summed E-state index contributed by atoms with van der Waals surface area (Å²) in [7, 11) is -9.93. The van der Waals surface area contributed by atoms with Crippen LogP contribution in [0.15, 0.2) is 0 Å². The summed E-state index contributed by atoms with van der Waals surface area (Å²) in [5.74, 6) is 0.294. The molecule has 4 unspecified atom stereocenters. The number of aliphatic hydroxyl groups excluding tert-OH is 1. The molecule has 0 aliphatic rings. The SMILES string of the molecule is CCCCCCCCCCCCCCCCCCCCCC(=O)OC[C@H](COP(=O)(O)OC[C@@H](O)COP(=O)(O)OC[C@@H](COC(=O)CCCCCCCCC(C)CC)OC(=O)CCCCCCCCCCCCCCCCC(C)C)OC(=O)CCCCCCCCCCCCCCCCCCCCC(C)CC. The Labute approximate surface area is 664 Å². The Hall–Kier alpha value is -1.94. The van der Waals surface area contributed by atoms with E-state index in [-0.39, 0.29) is 25.7 Å². The number of esters is 4. The molecule has 0 aromatic rings. The van der Waals surface area contributed by atoms with Gasteiger partial charge in [-0.3, -0.25) is 37.3 Å². The van der Waals surface area contributed by atoms with E-state index in [0.29, 0.717) is 25.7 Å². The van der Waals surface area contributed by atoms with E-state index in [1.807, 2.05) is 0 Å². The molecule has 0 radical (unpaired) electrons. The van der Waals surface area contributed by atoms with Crippen LogP contribution >= 0.6 is 15.6 Å². The van der Waals surface area contributed by atoms with Crippen LogP contribution in [0.25, 0.3) is 0 Å². The summed E-state index contributed by atoms with van der Waals surface area (Å²) in [4.78, 5) is 73.3. The lowest BCUT2D eigenvalue weighted by atomic mass is 9.99. The Bertz CT molecular complexity index is 2080. The first-order valence-corrected chi connectivity index (χ1v) is 48.9. The van der Waals surface area contributed by atoms with E-state index in [2.05, 4.69) is 48.5 Å². The summed E-state index contributed by atoms with van der Waals surface area (Å²) < 4.78 is 69.0. The van der Waals surface area contributed by atoms with Gasteiger partial charge in [-0.05, 0) is 43.4 Å². The number of phosphoric acid groups is 2. The van der Waals surface area contributed by atoms with E-state index in [9.17, 15) is 43.2 Å². The minimum Gasteiger partial charge on any atom is -0.462 e. The Morgan fingerprint density at radius 3 is 0.704 bits per heavy atom. The van der Waals surface area contributed by atoms with Crippen LogP contribution in [-0.2, 0) is 65.4 Å². The van der Waals surface area contributed by atoms with Gasteiger partial charge in [-0.25, -0.2) is 9.13 Å². The van der Waals surface area contributed by atoms with Crippen molar-refractivity contribution >= 4 is 39.5 Å². The van der Waals surface area contributed by atoms with Crippen molar-refractivity contribution in [2.75, 3.05) is 39.6 Å². The zero-order valence-electron chi connectivity index (χ0n) is 71.3. The number of hydrogen-bond acceptors (Lipinski definition) is 15. The molecule has 0 heterocycles. The molecule has 0 rings (SSSR count). The molecule has 0 saturated heterocycles. The average molecular weight is 1580 g/mol. The van der Waals surface area contributed by atoms with Crippen molar-refractivity contribution in [1.82, 2.24) is 0 Å². The van der Waals surface area contributed by atoms with Gasteiger partial charge in [0.2, 0.25) is 0 Å². The van der Waals surface area contributed by atoms with Crippen LogP contribution in [0, 0.1) is 17.8 Å². The number of ether oxygens (including phenoxy) is 4. The quantitative estimate of drug-likeness (QED) is 0.0222. The van der Waals surface area contributed by atoms with Crippen molar-refractivity contribution in [3.8, 4) is 0 Å². The lowest BCUT2D eigenvalue weighted by molar-refractivity contribution is -0.161. The topological polar surface area (TPSA) is 237 Å². The number of aliphatic hydroxyl groups is 1. The van der Waals surface area contributed by atoms with E-state index < -0.39 is 97.5 Å². The molecular formula is C89H174O17P2. The minimum atomic E-state index is -4.97. The van der Waals surface area contributed by atoms with Gasteiger partial charge in [-0.2, -0.15) is 0 Å². The van der Waals surface area contributed by atoms with Gasteiger partial charge in [-0.1, -0.05) is 421 Å². The third-order valence-electron chi connectivity index (χ3n) is 21.6. The Kier molecular flexibility index (Phi) is 77.5. The molecule has 0 spiro atoms. The van der Waals surface area contributed by atoms with Gasteiger partial charge in [0.15, 0.2) is 12.2 Å². The molecule has 0 saturated carbocycles. The van der Waals surface area contributed by atoms with Crippen LogP contribution in [0.4, 0.5) is 0 Å². The maximum Gasteiger partial charge on any atom is 0.472 e. The van der Waals surface area contributed by atoms with Crippen molar-refractivity contribution < 1.29 is 80.2 Å². The second-order valence-corrected chi connectivity index (χ2v) is 35.9. The molecule has 0 aromatic heterocycles. The fourth-order valence-corrected chi connectivity index (χ4v) is 15.4. The summed E-state index contributed by atoms with van der Waals surface area (Å²) in [6.07, 6.45) is 70.9. The Morgan fingerprint density at radius 1 is 0.269 bits per heavy atom. The molecule has 0 aliphatic carbocycles. The van der Waals surface area contributed by atoms with Crippen LogP contribution in [0.1, 0.15) is 472 Å². The van der Waals surface area contributed by atoms with Crippen LogP contribution in [0.5, 0.6) is 0 Å². The van der Waals surface area contributed by atoms with Crippen LogP contribution in [0.3, 0.4) is 0 Å². The average Bonchev–Trinajstić information content (AvgIpc) is 0.897. The highest BCUT2D eigenvalue weighted by atomic mass is 31.2. The lowest BCUT2D eigenvalue weighted by Gasteiger charge is -2.21. The van der Waals surface area contributed by atoms with Crippen molar-refractivity contribution in [3.05, 3.63) is 0 Å². The second kappa shape index (κ2) is 78.9. The largest absolute Gasteiger partial charge is 0.472 e. The second-order valence-electron chi connectivity index (χ2n) is 32.9.